The van der Waals surface area contributed by atoms with Gasteiger partial charge in [0.15, 0.2) is 6.29 Å². The van der Waals surface area contributed by atoms with Gasteiger partial charge >= 0.3 is 0 Å². The molecule has 0 unspecified atom stereocenters. The zero-order valence-corrected chi connectivity index (χ0v) is 16.9. The Morgan fingerprint density at radius 1 is 0.613 bits per heavy atom. The van der Waals surface area contributed by atoms with Gasteiger partial charge in [-0.2, -0.15) is 0 Å². The number of benzene rings is 3. The van der Waals surface area contributed by atoms with Crippen LogP contribution >= 0.6 is 0 Å². The molecule has 0 spiro atoms. The van der Waals surface area contributed by atoms with Crippen LogP contribution < -0.4 is 0 Å². The fourth-order valence-corrected chi connectivity index (χ4v) is 4.04. The number of ether oxygens (including phenoxy) is 2. The topological polar surface area (TPSA) is 99.4 Å². The standard InChI is InChI=1S/C25H26O6/c26-21-20(31-24(29)23(28)22(21)27)16-30-25(17-10-4-1-5-11-17,18-12-6-2-7-13-18)19-14-8-3-9-15-19/h1-15,20-24,26-29H,16H2/t20-,21+,22+,23+,24+/m0/s1. The molecule has 1 saturated heterocycles. The molecule has 5 atom stereocenters. The van der Waals surface area contributed by atoms with Crippen LogP contribution in [0.25, 0.3) is 0 Å². The van der Waals surface area contributed by atoms with E-state index in [-0.39, 0.29) is 6.61 Å². The number of hydrogen-bond acceptors (Lipinski definition) is 6. The van der Waals surface area contributed by atoms with Crippen molar-refractivity contribution in [2.24, 2.45) is 0 Å². The van der Waals surface area contributed by atoms with Crippen LogP contribution in [0.15, 0.2) is 91.0 Å². The van der Waals surface area contributed by atoms with E-state index in [0.29, 0.717) is 0 Å². The predicted molar refractivity (Wildman–Crippen MR) is 114 cm³/mol. The second-order valence-electron chi connectivity index (χ2n) is 7.63. The van der Waals surface area contributed by atoms with Crippen molar-refractivity contribution in [1.29, 1.82) is 0 Å². The third kappa shape index (κ3) is 4.14. The van der Waals surface area contributed by atoms with E-state index in [9.17, 15) is 20.4 Å². The molecule has 1 aliphatic heterocycles. The molecule has 0 aromatic heterocycles. The summed E-state index contributed by atoms with van der Waals surface area (Å²) in [4.78, 5) is 0. The lowest BCUT2D eigenvalue weighted by atomic mass is 9.80. The summed E-state index contributed by atoms with van der Waals surface area (Å²) in [6.07, 6.45) is -7.21. The Morgan fingerprint density at radius 3 is 1.45 bits per heavy atom. The molecule has 1 fully saturated rings. The molecule has 6 nitrogen and oxygen atoms in total. The summed E-state index contributed by atoms with van der Waals surface area (Å²) in [6, 6.07) is 29.1. The quantitative estimate of drug-likeness (QED) is 0.452. The highest BCUT2D eigenvalue weighted by molar-refractivity contribution is 5.47. The Kier molecular flexibility index (Phi) is 6.48. The largest absolute Gasteiger partial charge is 0.387 e. The Labute approximate surface area is 180 Å². The van der Waals surface area contributed by atoms with Crippen molar-refractivity contribution in [3.63, 3.8) is 0 Å². The third-order valence-corrected chi connectivity index (χ3v) is 5.69. The summed E-state index contributed by atoms with van der Waals surface area (Å²) < 4.78 is 11.9. The van der Waals surface area contributed by atoms with E-state index in [1.165, 1.54) is 0 Å². The minimum absolute atomic E-state index is 0.138. The van der Waals surface area contributed by atoms with Crippen LogP contribution in [-0.2, 0) is 15.1 Å². The van der Waals surface area contributed by atoms with E-state index < -0.39 is 36.3 Å². The normalized spacial score (nSPS) is 26.5. The van der Waals surface area contributed by atoms with Gasteiger partial charge in [0, 0.05) is 0 Å². The minimum atomic E-state index is -1.62. The number of aliphatic hydroxyl groups is 4. The van der Waals surface area contributed by atoms with Crippen LogP contribution in [0.1, 0.15) is 16.7 Å². The molecule has 162 valence electrons. The van der Waals surface area contributed by atoms with Gasteiger partial charge in [0.2, 0.25) is 0 Å². The molecular weight excluding hydrogens is 396 g/mol. The molecule has 0 bridgehead atoms. The summed E-state index contributed by atoms with van der Waals surface area (Å²) in [5.41, 5.74) is 1.59. The second kappa shape index (κ2) is 9.28. The summed E-state index contributed by atoms with van der Waals surface area (Å²) >= 11 is 0. The number of hydrogen-bond donors (Lipinski definition) is 4. The first-order valence-corrected chi connectivity index (χ1v) is 10.2. The predicted octanol–water partition coefficient (Wildman–Crippen LogP) is 1.79. The van der Waals surface area contributed by atoms with Gasteiger partial charge in [-0.3, -0.25) is 0 Å². The lowest BCUT2D eigenvalue weighted by Crippen LogP contribution is -2.59. The van der Waals surface area contributed by atoms with Gasteiger partial charge in [-0.1, -0.05) is 91.0 Å². The lowest BCUT2D eigenvalue weighted by Gasteiger charge is -2.41. The number of rotatable bonds is 6. The monoisotopic (exact) mass is 422 g/mol. The maximum atomic E-state index is 10.4. The van der Waals surface area contributed by atoms with Crippen molar-refractivity contribution < 1.29 is 29.9 Å². The van der Waals surface area contributed by atoms with Gasteiger partial charge in [0.05, 0.1) is 6.61 Å². The molecule has 4 rings (SSSR count). The fourth-order valence-electron chi connectivity index (χ4n) is 4.04. The minimum Gasteiger partial charge on any atom is -0.387 e. The highest BCUT2D eigenvalue weighted by Crippen LogP contribution is 2.41. The summed E-state index contributed by atoms with van der Waals surface area (Å²) in [5.74, 6) is 0. The van der Waals surface area contributed by atoms with Crippen molar-refractivity contribution in [1.82, 2.24) is 0 Å². The molecule has 0 saturated carbocycles. The Bertz CT molecular complexity index is 853. The fraction of sp³-hybridized carbons (Fsp3) is 0.280. The number of aliphatic hydroxyl groups excluding tert-OH is 4. The summed E-state index contributed by atoms with van der Waals surface area (Å²) in [6.45, 7) is -0.138. The van der Waals surface area contributed by atoms with Crippen LogP contribution in [0.2, 0.25) is 0 Å². The average molecular weight is 422 g/mol. The molecule has 0 amide bonds. The zero-order valence-electron chi connectivity index (χ0n) is 16.9. The molecule has 0 radical (unpaired) electrons. The van der Waals surface area contributed by atoms with Crippen molar-refractivity contribution in [3.8, 4) is 0 Å². The first kappa shape index (κ1) is 21.6. The Hall–Kier alpha value is -2.58. The third-order valence-electron chi connectivity index (χ3n) is 5.69. The molecule has 0 aliphatic carbocycles. The van der Waals surface area contributed by atoms with Crippen LogP contribution in [0.3, 0.4) is 0 Å². The van der Waals surface area contributed by atoms with E-state index in [0.717, 1.165) is 16.7 Å². The Balaban J connectivity index is 1.78. The van der Waals surface area contributed by atoms with Gasteiger partial charge in [-0.15, -0.1) is 0 Å². The molecule has 3 aromatic rings. The molecule has 6 heteroatoms. The first-order chi connectivity index (χ1) is 15.0. The molecule has 1 heterocycles. The van der Waals surface area contributed by atoms with Gasteiger partial charge in [-0.05, 0) is 16.7 Å². The van der Waals surface area contributed by atoms with E-state index >= 15 is 0 Å². The maximum Gasteiger partial charge on any atom is 0.184 e. The van der Waals surface area contributed by atoms with Crippen molar-refractivity contribution in [2.45, 2.75) is 36.3 Å². The summed E-state index contributed by atoms with van der Waals surface area (Å²) in [7, 11) is 0. The SMILES string of the molecule is O[C@H]1[C@@H](O)[C@H](O)O[C@@H](COC(c2ccccc2)(c2ccccc2)c2ccccc2)[C@H]1O. The molecule has 31 heavy (non-hydrogen) atoms. The second-order valence-corrected chi connectivity index (χ2v) is 7.63. The van der Waals surface area contributed by atoms with Gasteiger partial charge in [0.1, 0.15) is 30.0 Å². The highest BCUT2D eigenvalue weighted by Gasteiger charge is 2.45. The van der Waals surface area contributed by atoms with Crippen molar-refractivity contribution in [3.05, 3.63) is 108 Å². The first-order valence-electron chi connectivity index (χ1n) is 10.2. The van der Waals surface area contributed by atoms with E-state index in [4.69, 9.17) is 9.47 Å². The molecule has 3 aromatic carbocycles. The van der Waals surface area contributed by atoms with Crippen molar-refractivity contribution in [2.75, 3.05) is 6.61 Å². The van der Waals surface area contributed by atoms with E-state index in [2.05, 4.69) is 0 Å². The van der Waals surface area contributed by atoms with Crippen LogP contribution in [-0.4, -0.2) is 57.7 Å². The van der Waals surface area contributed by atoms with Gasteiger partial charge < -0.3 is 29.9 Å². The highest BCUT2D eigenvalue weighted by atomic mass is 16.6. The lowest BCUT2D eigenvalue weighted by molar-refractivity contribution is -0.291. The Morgan fingerprint density at radius 2 is 1.03 bits per heavy atom. The van der Waals surface area contributed by atoms with Gasteiger partial charge in [-0.25, -0.2) is 0 Å². The molecular formula is C25H26O6. The van der Waals surface area contributed by atoms with E-state index in [1.54, 1.807) is 0 Å². The molecule has 1 aliphatic rings. The van der Waals surface area contributed by atoms with Crippen LogP contribution in [0, 0.1) is 0 Å². The maximum absolute atomic E-state index is 10.4. The summed E-state index contributed by atoms with van der Waals surface area (Å²) in [5, 5.41) is 40.2. The van der Waals surface area contributed by atoms with Gasteiger partial charge in [0.25, 0.3) is 0 Å². The molecule has 4 N–H and O–H groups in total. The van der Waals surface area contributed by atoms with E-state index in [1.807, 2.05) is 91.0 Å². The average Bonchev–Trinajstić information content (AvgIpc) is 2.83. The zero-order chi connectivity index (χ0) is 21.8. The smallest absolute Gasteiger partial charge is 0.184 e. The van der Waals surface area contributed by atoms with Crippen LogP contribution in [0.4, 0.5) is 0 Å². The van der Waals surface area contributed by atoms with Crippen molar-refractivity contribution >= 4 is 0 Å². The van der Waals surface area contributed by atoms with Crippen LogP contribution in [0.5, 0.6) is 0 Å².